The number of aryl methyl sites for hydroxylation is 1. The van der Waals surface area contributed by atoms with E-state index in [1.807, 2.05) is 11.3 Å². The van der Waals surface area contributed by atoms with Gasteiger partial charge in [-0.3, -0.25) is 4.90 Å². The van der Waals surface area contributed by atoms with Crippen molar-refractivity contribution < 1.29 is 0 Å². The van der Waals surface area contributed by atoms with Crippen molar-refractivity contribution in [3.05, 3.63) is 57.8 Å². The second kappa shape index (κ2) is 7.58. The Morgan fingerprint density at radius 1 is 1.20 bits per heavy atom. The van der Waals surface area contributed by atoms with Crippen LogP contribution in [0.25, 0.3) is 0 Å². The van der Waals surface area contributed by atoms with Crippen LogP contribution in [0.15, 0.2) is 41.8 Å². The number of thiophene rings is 1. The van der Waals surface area contributed by atoms with E-state index in [-0.39, 0.29) is 6.04 Å². The molecule has 0 aliphatic rings. The van der Waals surface area contributed by atoms with E-state index in [1.165, 1.54) is 16.0 Å². The Morgan fingerprint density at radius 3 is 2.65 bits per heavy atom. The predicted octanol–water partition coefficient (Wildman–Crippen LogP) is 3.97. The van der Waals surface area contributed by atoms with Gasteiger partial charge in [0.2, 0.25) is 0 Å². The lowest BCUT2D eigenvalue weighted by atomic mass is 9.99. The molecule has 1 aromatic heterocycles. The van der Waals surface area contributed by atoms with E-state index in [9.17, 15) is 0 Å². The zero-order valence-corrected chi connectivity index (χ0v) is 13.2. The fourth-order valence-electron chi connectivity index (χ4n) is 2.45. The second-order valence-corrected chi connectivity index (χ2v) is 6.23. The molecule has 0 spiro atoms. The molecule has 108 valence electrons. The monoisotopic (exact) mass is 288 g/mol. The van der Waals surface area contributed by atoms with E-state index in [2.05, 4.69) is 60.5 Å². The highest BCUT2D eigenvalue weighted by Crippen LogP contribution is 2.19. The topological polar surface area (TPSA) is 29.3 Å². The van der Waals surface area contributed by atoms with Crippen LogP contribution in [0.2, 0.25) is 0 Å². The van der Waals surface area contributed by atoms with Gasteiger partial charge in [0.1, 0.15) is 0 Å². The first-order valence-corrected chi connectivity index (χ1v) is 8.14. The van der Waals surface area contributed by atoms with Crippen molar-refractivity contribution in [3.8, 4) is 0 Å². The maximum Gasteiger partial charge on any atom is 0.0327 e. The van der Waals surface area contributed by atoms with Crippen LogP contribution in [0, 0.1) is 6.92 Å². The van der Waals surface area contributed by atoms with Gasteiger partial charge in [-0.1, -0.05) is 37.3 Å². The summed E-state index contributed by atoms with van der Waals surface area (Å²) in [5.74, 6) is 0. The first kappa shape index (κ1) is 15.2. The minimum absolute atomic E-state index is 0.133. The molecule has 1 aromatic carbocycles. The highest BCUT2D eigenvalue weighted by atomic mass is 32.1. The molecule has 0 fully saturated rings. The summed E-state index contributed by atoms with van der Waals surface area (Å²) in [6, 6.07) is 12.9. The molecule has 0 radical (unpaired) electrons. The Morgan fingerprint density at radius 2 is 2.00 bits per heavy atom. The van der Waals surface area contributed by atoms with Gasteiger partial charge in [-0.05, 0) is 42.5 Å². The summed E-state index contributed by atoms with van der Waals surface area (Å²) >= 11 is 1.83. The fourth-order valence-corrected chi connectivity index (χ4v) is 3.20. The van der Waals surface area contributed by atoms with Crippen molar-refractivity contribution in [2.24, 2.45) is 5.73 Å². The maximum atomic E-state index is 6.35. The molecule has 1 atom stereocenters. The molecule has 2 aromatic rings. The molecule has 2 rings (SSSR count). The summed E-state index contributed by atoms with van der Waals surface area (Å²) in [6.07, 6.45) is 1.00. The molecular weight excluding hydrogens is 264 g/mol. The number of rotatable bonds is 7. The van der Waals surface area contributed by atoms with Crippen LogP contribution in [-0.2, 0) is 6.54 Å². The third-order valence-electron chi connectivity index (χ3n) is 3.75. The number of nitrogens with two attached hydrogens (primary N) is 1. The molecule has 2 N–H and O–H groups in total. The molecule has 0 aliphatic carbocycles. The van der Waals surface area contributed by atoms with Gasteiger partial charge in [0, 0.05) is 24.0 Å². The van der Waals surface area contributed by atoms with Crippen LogP contribution in [0.1, 0.15) is 35.4 Å². The standard InChI is InChI=1S/C17H24N2S/c1-3-19(13-15-8-6-12-20-15)11-10-17(18)16-9-5-4-7-14(16)2/h4-9,12,17H,3,10-11,13,18H2,1-2H3. The molecule has 0 saturated heterocycles. The highest BCUT2D eigenvalue weighted by molar-refractivity contribution is 7.09. The molecular formula is C17H24N2S. The highest BCUT2D eigenvalue weighted by Gasteiger charge is 2.11. The Bertz CT molecular complexity index is 507. The van der Waals surface area contributed by atoms with Crippen LogP contribution in [0.5, 0.6) is 0 Å². The van der Waals surface area contributed by atoms with Gasteiger partial charge in [-0.2, -0.15) is 0 Å². The average molecular weight is 288 g/mol. The van der Waals surface area contributed by atoms with E-state index in [0.29, 0.717) is 0 Å². The lowest BCUT2D eigenvalue weighted by Gasteiger charge is -2.22. The average Bonchev–Trinajstić information content (AvgIpc) is 2.96. The Hall–Kier alpha value is -1.16. The van der Waals surface area contributed by atoms with Crippen LogP contribution in [0.3, 0.4) is 0 Å². The normalized spacial score (nSPS) is 12.8. The van der Waals surface area contributed by atoms with Crippen molar-refractivity contribution in [2.75, 3.05) is 13.1 Å². The maximum absolute atomic E-state index is 6.35. The summed E-state index contributed by atoms with van der Waals surface area (Å²) < 4.78 is 0. The van der Waals surface area contributed by atoms with Crippen LogP contribution < -0.4 is 5.73 Å². The summed E-state index contributed by atoms with van der Waals surface area (Å²) in [4.78, 5) is 3.89. The minimum atomic E-state index is 0.133. The molecule has 1 unspecified atom stereocenters. The van der Waals surface area contributed by atoms with E-state index in [0.717, 1.165) is 26.1 Å². The Balaban J connectivity index is 1.88. The minimum Gasteiger partial charge on any atom is -0.324 e. The molecule has 3 heteroatoms. The van der Waals surface area contributed by atoms with Gasteiger partial charge in [0.25, 0.3) is 0 Å². The number of hydrogen-bond acceptors (Lipinski definition) is 3. The Kier molecular flexibility index (Phi) is 5.77. The molecule has 0 amide bonds. The lowest BCUT2D eigenvalue weighted by molar-refractivity contribution is 0.270. The van der Waals surface area contributed by atoms with Crippen molar-refractivity contribution in [1.82, 2.24) is 4.90 Å². The third kappa shape index (κ3) is 4.17. The van der Waals surface area contributed by atoms with Gasteiger partial charge in [0.15, 0.2) is 0 Å². The first-order chi connectivity index (χ1) is 9.70. The fraction of sp³-hybridized carbons (Fsp3) is 0.412. The van der Waals surface area contributed by atoms with Gasteiger partial charge in [0.05, 0.1) is 0 Å². The van der Waals surface area contributed by atoms with Gasteiger partial charge >= 0.3 is 0 Å². The van der Waals surface area contributed by atoms with Crippen LogP contribution in [-0.4, -0.2) is 18.0 Å². The summed E-state index contributed by atoms with van der Waals surface area (Å²) in [5.41, 5.74) is 8.92. The van der Waals surface area contributed by atoms with Gasteiger partial charge in [-0.25, -0.2) is 0 Å². The first-order valence-electron chi connectivity index (χ1n) is 7.26. The molecule has 1 heterocycles. The predicted molar refractivity (Wildman–Crippen MR) is 88.0 cm³/mol. The van der Waals surface area contributed by atoms with E-state index < -0.39 is 0 Å². The van der Waals surface area contributed by atoms with Crippen LogP contribution >= 0.6 is 11.3 Å². The molecule has 20 heavy (non-hydrogen) atoms. The largest absolute Gasteiger partial charge is 0.324 e. The van der Waals surface area contributed by atoms with E-state index >= 15 is 0 Å². The second-order valence-electron chi connectivity index (χ2n) is 5.20. The van der Waals surface area contributed by atoms with E-state index in [1.54, 1.807) is 0 Å². The molecule has 0 saturated carbocycles. The SMILES string of the molecule is CCN(CCC(N)c1ccccc1C)Cc1cccs1. The summed E-state index contributed by atoms with van der Waals surface area (Å²) in [5, 5.41) is 2.14. The zero-order valence-electron chi connectivity index (χ0n) is 12.4. The van der Waals surface area contributed by atoms with Crippen molar-refractivity contribution >= 4 is 11.3 Å². The quantitative estimate of drug-likeness (QED) is 0.835. The number of benzene rings is 1. The third-order valence-corrected chi connectivity index (χ3v) is 4.61. The lowest BCUT2D eigenvalue weighted by Crippen LogP contribution is -2.26. The summed E-state index contributed by atoms with van der Waals surface area (Å²) in [6.45, 7) is 7.50. The van der Waals surface area contributed by atoms with Gasteiger partial charge in [-0.15, -0.1) is 11.3 Å². The zero-order chi connectivity index (χ0) is 14.4. The van der Waals surface area contributed by atoms with Crippen molar-refractivity contribution in [1.29, 1.82) is 0 Å². The number of nitrogens with zero attached hydrogens (tertiary/aromatic N) is 1. The smallest absolute Gasteiger partial charge is 0.0327 e. The van der Waals surface area contributed by atoms with Crippen molar-refractivity contribution in [2.45, 2.75) is 32.9 Å². The van der Waals surface area contributed by atoms with E-state index in [4.69, 9.17) is 5.73 Å². The molecule has 0 aliphatic heterocycles. The Labute approximate surface area is 126 Å². The van der Waals surface area contributed by atoms with Gasteiger partial charge < -0.3 is 5.73 Å². The van der Waals surface area contributed by atoms with Crippen molar-refractivity contribution in [3.63, 3.8) is 0 Å². The summed E-state index contributed by atoms with van der Waals surface area (Å²) in [7, 11) is 0. The molecule has 2 nitrogen and oxygen atoms in total. The van der Waals surface area contributed by atoms with Crippen LogP contribution in [0.4, 0.5) is 0 Å². The molecule has 0 bridgehead atoms. The number of hydrogen-bond donors (Lipinski definition) is 1.